The number of nitrogens with two attached hydrogens (primary N) is 1. The third kappa shape index (κ3) is 7.63. The fourth-order valence-corrected chi connectivity index (χ4v) is 2.42. The summed E-state index contributed by atoms with van der Waals surface area (Å²) in [5, 5.41) is 32.5. The fraction of sp³-hybridized carbons (Fsp3) is 0.500. The fourth-order valence-electron chi connectivity index (χ4n) is 2.42. The average Bonchev–Trinajstić information content (AvgIpc) is 2.60. The molecule has 0 saturated carbocycles. The first-order chi connectivity index (χ1) is 12.6. The molecule has 2 amide bonds. The molecule has 0 aromatic heterocycles. The topological polar surface area (TPSA) is 162 Å². The second kappa shape index (κ2) is 10.5. The summed E-state index contributed by atoms with van der Waals surface area (Å²) in [5.41, 5.74) is 6.54. The highest BCUT2D eigenvalue weighted by Crippen LogP contribution is 2.11. The lowest BCUT2D eigenvalue weighted by molar-refractivity contribution is -0.143. The minimum atomic E-state index is -1.31. The van der Waals surface area contributed by atoms with E-state index in [1.54, 1.807) is 12.1 Å². The minimum absolute atomic E-state index is 0.0345. The SMILES string of the molecule is CC(C)CC(NC(=O)C(CO)NC(=O)C(N)Cc1ccc(O)cc1)C(=O)O. The smallest absolute Gasteiger partial charge is 0.326 e. The second-order valence-corrected chi connectivity index (χ2v) is 6.75. The van der Waals surface area contributed by atoms with Gasteiger partial charge in [-0.25, -0.2) is 4.79 Å². The van der Waals surface area contributed by atoms with Crippen molar-refractivity contribution in [2.45, 2.75) is 44.8 Å². The number of amides is 2. The van der Waals surface area contributed by atoms with E-state index in [9.17, 15) is 29.7 Å². The molecule has 3 atom stereocenters. The van der Waals surface area contributed by atoms with Gasteiger partial charge in [0.2, 0.25) is 11.8 Å². The normalized spacial score (nSPS) is 14.3. The van der Waals surface area contributed by atoms with E-state index in [2.05, 4.69) is 10.6 Å². The largest absolute Gasteiger partial charge is 0.508 e. The van der Waals surface area contributed by atoms with Crippen molar-refractivity contribution in [3.63, 3.8) is 0 Å². The molecule has 3 unspecified atom stereocenters. The molecule has 0 aliphatic carbocycles. The van der Waals surface area contributed by atoms with Gasteiger partial charge in [0.05, 0.1) is 12.6 Å². The van der Waals surface area contributed by atoms with Crippen LogP contribution in [0.15, 0.2) is 24.3 Å². The number of carboxylic acid groups (broad SMARTS) is 1. The molecule has 0 radical (unpaired) electrons. The zero-order valence-corrected chi connectivity index (χ0v) is 15.4. The molecule has 9 heteroatoms. The molecule has 9 nitrogen and oxygen atoms in total. The number of carboxylic acids is 1. The number of benzene rings is 1. The molecule has 0 aliphatic rings. The monoisotopic (exact) mass is 381 g/mol. The van der Waals surface area contributed by atoms with Crippen molar-refractivity contribution in [3.05, 3.63) is 29.8 Å². The van der Waals surface area contributed by atoms with Gasteiger partial charge in [-0.3, -0.25) is 9.59 Å². The Labute approximate surface area is 157 Å². The van der Waals surface area contributed by atoms with Crippen LogP contribution in [0.3, 0.4) is 0 Å². The van der Waals surface area contributed by atoms with Gasteiger partial charge in [0.25, 0.3) is 0 Å². The lowest BCUT2D eigenvalue weighted by Crippen LogP contribution is -2.56. The lowest BCUT2D eigenvalue weighted by Gasteiger charge is -2.22. The summed E-state index contributed by atoms with van der Waals surface area (Å²) in [6, 6.07) is 2.74. The molecule has 0 spiro atoms. The number of nitrogens with one attached hydrogen (secondary N) is 2. The summed E-state index contributed by atoms with van der Waals surface area (Å²) in [6.07, 6.45) is 0.379. The molecule has 7 N–H and O–H groups in total. The predicted octanol–water partition coefficient (Wildman–Crippen LogP) is -0.645. The highest BCUT2D eigenvalue weighted by molar-refractivity contribution is 5.91. The molecule has 0 heterocycles. The van der Waals surface area contributed by atoms with Crippen LogP contribution in [0.2, 0.25) is 0 Å². The minimum Gasteiger partial charge on any atom is -0.508 e. The number of aliphatic hydroxyl groups is 1. The summed E-state index contributed by atoms with van der Waals surface area (Å²) >= 11 is 0. The molecule has 0 aliphatic heterocycles. The maximum Gasteiger partial charge on any atom is 0.326 e. The van der Waals surface area contributed by atoms with Crippen molar-refractivity contribution >= 4 is 17.8 Å². The van der Waals surface area contributed by atoms with Crippen molar-refractivity contribution in [1.29, 1.82) is 0 Å². The Kier molecular flexibility index (Phi) is 8.70. The average molecular weight is 381 g/mol. The number of aromatic hydroxyl groups is 1. The first-order valence-corrected chi connectivity index (χ1v) is 8.62. The van der Waals surface area contributed by atoms with Crippen LogP contribution in [0, 0.1) is 5.92 Å². The number of carbonyl (C=O) groups is 3. The lowest BCUT2D eigenvalue weighted by atomic mass is 10.0. The van der Waals surface area contributed by atoms with E-state index in [-0.39, 0.29) is 24.5 Å². The van der Waals surface area contributed by atoms with Crippen molar-refractivity contribution in [1.82, 2.24) is 10.6 Å². The van der Waals surface area contributed by atoms with Crippen LogP contribution in [0.25, 0.3) is 0 Å². The highest BCUT2D eigenvalue weighted by atomic mass is 16.4. The Morgan fingerprint density at radius 3 is 2.07 bits per heavy atom. The van der Waals surface area contributed by atoms with Gasteiger partial charge in [-0.1, -0.05) is 26.0 Å². The van der Waals surface area contributed by atoms with Gasteiger partial charge < -0.3 is 31.7 Å². The van der Waals surface area contributed by atoms with Gasteiger partial charge in [-0.2, -0.15) is 0 Å². The van der Waals surface area contributed by atoms with Crippen molar-refractivity contribution in [2.24, 2.45) is 11.7 Å². The number of hydrogen-bond donors (Lipinski definition) is 6. The van der Waals surface area contributed by atoms with Crippen molar-refractivity contribution in [2.75, 3.05) is 6.61 Å². The Balaban J connectivity index is 2.66. The number of phenols is 1. The summed E-state index contributed by atoms with van der Waals surface area (Å²) < 4.78 is 0. The number of rotatable bonds is 10. The van der Waals surface area contributed by atoms with Crippen LogP contribution in [0.1, 0.15) is 25.8 Å². The third-order valence-corrected chi connectivity index (χ3v) is 3.87. The summed E-state index contributed by atoms with van der Waals surface area (Å²) in [7, 11) is 0. The number of phenolic OH excluding ortho intramolecular Hbond substituents is 1. The summed E-state index contributed by atoms with van der Waals surface area (Å²) in [5.74, 6) is -2.52. The predicted molar refractivity (Wildman–Crippen MR) is 97.8 cm³/mol. The molecular formula is C18H27N3O6. The van der Waals surface area contributed by atoms with Crippen molar-refractivity contribution < 1.29 is 29.7 Å². The van der Waals surface area contributed by atoms with Crippen LogP contribution < -0.4 is 16.4 Å². The maximum atomic E-state index is 12.2. The van der Waals surface area contributed by atoms with Gasteiger partial charge in [0.1, 0.15) is 17.8 Å². The van der Waals surface area contributed by atoms with Crippen LogP contribution >= 0.6 is 0 Å². The van der Waals surface area contributed by atoms with Gasteiger partial charge in [-0.15, -0.1) is 0 Å². The van der Waals surface area contributed by atoms with Gasteiger partial charge in [0.15, 0.2) is 0 Å². The van der Waals surface area contributed by atoms with Gasteiger partial charge >= 0.3 is 5.97 Å². The molecule has 150 valence electrons. The second-order valence-electron chi connectivity index (χ2n) is 6.75. The first-order valence-electron chi connectivity index (χ1n) is 8.62. The number of aliphatic carboxylic acids is 1. The van der Waals surface area contributed by atoms with E-state index in [0.717, 1.165) is 0 Å². The van der Waals surface area contributed by atoms with Gasteiger partial charge in [0, 0.05) is 0 Å². The van der Waals surface area contributed by atoms with Gasteiger partial charge in [-0.05, 0) is 36.5 Å². The molecule has 1 aromatic carbocycles. The zero-order valence-electron chi connectivity index (χ0n) is 15.4. The van der Waals surface area contributed by atoms with E-state index in [1.165, 1.54) is 12.1 Å². The summed E-state index contributed by atoms with van der Waals surface area (Å²) in [6.45, 7) is 2.93. The van der Waals surface area contributed by atoms with Crippen LogP contribution in [-0.2, 0) is 20.8 Å². The molecule has 1 rings (SSSR count). The quantitative estimate of drug-likeness (QED) is 0.314. The Hall–Kier alpha value is -2.65. The van der Waals surface area contributed by atoms with E-state index < -0.39 is 42.5 Å². The van der Waals surface area contributed by atoms with E-state index in [0.29, 0.717) is 5.56 Å². The molecule has 0 fully saturated rings. The van der Waals surface area contributed by atoms with E-state index >= 15 is 0 Å². The van der Waals surface area contributed by atoms with E-state index in [1.807, 2.05) is 13.8 Å². The zero-order chi connectivity index (χ0) is 20.6. The molecule has 0 bridgehead atoms. The standard InChI is InChI=1S/C18H27N3O6/c1-10(2)7-14(18(26)27)20-17(25)15(9-22)21-16(24)13(19)8-11-3-5-12(23)6-4-11/h3-6,10,13-15,22-23H,7-9,19H2,1-2H3,(H,20,25)(H,21,24)(H,26,27). The molecule has 0 saturated heterocycles. The highest BCUT2D eigenvalue weighted by Gasteiger charge is 2.28. The Bertz CT molecular complexity index is 647. The van der Waals surface area contributed by atoms with E-state index in [4.69, 9.17) is 5.73 Å². The molecule has 27 heavy (non-hydrogen) atoms. The summed E-state index contributed by atoms with van der Waals surface area (Å²) in [4.78, 5) is 35.6. The third-order valence-electron chi connectivity index (χ3n) is 3.87. The Morgan fingerprint density at radius 2 is 1.59 bits per heavy atom. The van der Waals surface area contributed by atoms with Crippen molar-refractivity contribution in [3.8, 4) is 5.75 Å². The number of hydrogen-bond acceptors (Lipinski definition) is 6. The van der Waals surface area contributed by atoms with Crippen LogP contribution in [-0.4, -0.2) is 57.8 Å². The number of carbonyl (C=O) groups excluding carboxylic acids is 2. The molecule has 1 aromatic rings. The molecular weight excluding hydrogens is 354 g/mol. The number of aliphatic hydroxyl groups excluding tert-OH is 1. The van der Waals surface area contributed by atoms with Crippen LogP contribution in [0.5, 0.6) is 5.75 Å². The Morgan fingerprint density at radius 1 is 1.04 bits per heavy atom. The maximum absolute atomic E-state index is 12.2. The first kappa shape index (κ1) is 22.4. The van der Waals surface area contributed by atoms with Crippen LogP contribution in [0.4, 0.5) is 0 Å².